The van der Waals surface area contributed by atoms with Gasteiger partial charge in [0, 0.05) is 23.6 Å². The maximum Gasteiger partial charge on any atom is 0.229 e. The number of nitrogens with zero attached hydrogens (tertiary/aromatic N) is 2. The number of rotatable bonds is 6. The molecule has 0 spiro atoms. The van der Waals surface area contributed by atoms with Gasteiger partial charge >= 0.3 is 0 Å². The molecule has 1 unspecified atom stereocenters. The fourth-order valence-electron chi connectivity index (χ4n) is 1.73. The van der Waals surface area contributed by atoms with E-state index in [2.05, 4.69) is 10.1 Å². The van der Waals surface area contributed by atoms with Gasteiger partial charge in [0.25, 0.3) is 0 Å². The maximum atomic E-state index is 9.59. The van der Waals surface area contributed by atoms with Crippen LogP contribution in [0.2, 0.25) is 10.0 Å². The largest absolute Gasteiger partial charge is 0.390 e. The zero-order chi connectivity index (χ0) is 14.5. The molecular weight excluding hydrogens is 303 g/mol. The Morgan fingerprint density at radius 3 is 2.90 bits per heavy atom. The minimum atomic E-state index is -0.660. The number of ether oxygens (including phenoxy) is 1. The maximum absolute atomic E-state index is 9.59. The molecule has 1 heterocycles. The molecule has 0 bridgehead atoms. The summed E-state index contributed by atoms with van der Waals surface area (Å²) in [7, 11) is 1.52. The number of hydrogen-bond donors (Lipinski definition) is 1. The molecule has 0 fully saturated rings. The fourth-order valence-corrected chi connectivity index (χ4v) is 2.21. The molecule has 0 saturated carbocycles. The first-order valence-electron chi connectivity index (χ1n) is 6.01. The molecule has 108 valence electrons. The van der Waals surface area contributed by atoms with E-state index in [4.69, 9.17) is 32.5 Å². The molecule has 1 aromatic carbocycles. The van der Waals surface area contributed by atoms with Crippen molar-refractivity contribution in [2.24, 2.45) is 0 Å². The first-order chi connectivity index (χ1) is 9.58. The van der Waals surface area contributed by atoms with E-state index in [-0.39, 0.29) is 13.0 Å². The predicted octanol–water partition coefficient (Wildman–Crippen LogP) is 2.52. The van der Waals surface area contributed by atoms with E-state index in [1.165, 1.54) is 7.11 Å². The monoisotopic (exact) mass is 316 g/mol. The number of aliphatic hydroxyl groups is 1. The van der Waals surface area contributed by atoms with Crippen LogP contribution in [0.25, 0.3) is 0 Å². The highest BCUT2D eigenvalue weighted by molar-refractivity contribution is 6.35. The second-order valence-electron chi connectivity index (χ2n) is 4.33. The number of aromatic nitrogens is 2. The van der Waals surface area contributed by atoms with Crippen molar-refractivity contribution in [3.05, 3.63) is 45.5 Å². The van der Waals surface area contributed by atoms with Crippen molar-refractivity contribution < 1.29 is 14.4 Å². The Morgan fingerprint density at radius 1 is 1.40 bits per heavy atom. The normalized spacial score (nSPS) is 12.6. The van der Waals surface area contributed by atoms with Gasteiger partial charge in [-0.25, -0.2) is 0 Å². The molecule has 7 heteroatoms. The molecule has 20 heavy (non-hydrogen) atoms. The molecular formula is C13H14Cl2N2O3. The predicted molar refractivity (Wildman–Crippen MR) is 75.2 cm³/mol. The van der Waals surface area contributed by atoms with Crippen LogP contribution in [0, 0.1) is 0 Å². The standard InChI is InChI=1S/C13H14Cl2N2O3/c1-19-7-10(18)6-13-16-12(17-20-13)4-8-2-3-9(14)5-11(8)15/h2-3,5,10,18H,4,6-7H2,1H3. The first-order valence-corrected chi connectivity index (χ1v) is 6.76. The van der Waals surface area contributed by atoms with Gasteiger partial charge in [-0.15, -0.1) is 0 Å². The first kappa shape index (κ1) is 15.3. The van der Waals surface area contributed by atoms with Crippen LogP contribution >= 0.6 is 23.2 Å². The average molecular weight is 317 g/mol. The molecule has 2 aromatic rings. The van der Waals surface area contributed by atoms with Gasteiger partial charge in [-0.05, 0) is 17.7 Å². The summed E-state index contributed by atoms with van der Waals surface area (Å²) >= 11 is 11.9. The van der Waals surface area contributed by atoms with Gasteiger partial charge in [-0.1, -0.05) is 34.4 Å². The Kier molecular flexibility index (Phi) is 5.37. The van der Waals surface area contributed by atoms with Gasteiger partial charge in [0.15, 0.2) is 5.82 Å². The van der Waals surface area contributed by atoms with Crippen LogP contribution in [-0.4, -0.2) is 35.1 Å². The number of methoxy groups -OCH3 is 1. The lowest BCUT2D eigenvalue weighted by Crippen LogP contribution is -2.17. The summed E-state index contributed by atoms with van der Waals surface area (Å²) in [5.74, 6) is 0.878. The summed E-state index contributed by atoms with van der Waals surface area (Å²) in [5, 5.41) is 14.6. The van der Waals surface area contributed by atoms with E-state index < -0.39 is 6.10 Å². The van der Waals surface area contributed by atoms with Crippen LogP contribution in [0.5, 0.6) is 0 Å². The van der Waals surface area contributed by atoms with Gasteiger partial charge in [0.2, 0.25) is 5.89 Å². The van der Waals surface area contributed by atoms with Crippen LogP contribution in [0.3, 0.4) is 0 Å². The molecule has 1 atom stereocenters. The van der Waals surface area contributed by atoms with Gasteiger partial charge in [0.05, 0.1) is 19.1 Å². The van der Waals surface area contributed by atoms with Crippen LogP contribution in [0.15, 0.2) is 22.7 Å². The second kappa shape index (κ2) is 7.04. The van der Waals surface area contributed by atoms with Gasteiger partial charge in [-0.3, -0.25) is 0 Å². The third-order valence-corrected chi connectivity index (χ3v) is 3.23. The van der Waals surface area contributed by atoms with Crippen LogP contribution in [0.4, 0.5) is 0 Å². The van der Waals surface area contributed by atoms with Crippen molar-refractivity contribution in [3.8, 4) is 0 Å². The van der Waals surface area contributed by atoms with Gasteiger partial charge < -0.3 is 14.4 Å². The van der Waals surface area contributed by atoms with Crippen molar-refractivity contribution in [1.82, 2.24) is 10.1 Å². The van der Waals surface area contributed by atoms with E-state index in [1.807, 2.05) is 6.07 Å². The molecule has 1 aromatic heterocycles. The molecule has 0 aliphatic rings. The lowest BCUT2D eigenvalue weighted by Gasteiger charge is -2.04. The Hall–Kier alpha value is -1.14. The third-order valence-electron chi connectivity index (χ3n) is 2.64. The molecule has 2 rings (SSSR count). The minimum Gasteiger partial charge on any atom is -0.390 e. The quantitative estimate of drug-likeness (QED) is 0.886. The minimum absolute atomic E-state index is 0.223. The van der Waals surface area contributed by atoms with Crippen molar-refractivity contribution in [2.45, 2.75) is 18.9 Å². The van der Waals surface area contributed by atoms with E-state index in [0.717, 1.165) is 5.56 Å². The Bertz CT molecular complexity index is 574. The smallest absolute Gasteiger partial charge is 0.229 e. The summed E-state index contributed by atoms with van der Waals surface area (Å²) in [5.41, 5.74) is 0.862. The number of benzene rings is 1. The fraction of sp³-hybridized carbons (Fsp3) is 0.385. The Morgan fingerprint density at radius 2 is 2.20 bits per heavy atom. The summed E-state index contributed by atoms with van der Waals surface area (Å²) < 4.78 is 9.91. The van der Waals surface area contributed by atoms with Gasteiger partial charge in [0.1, 0.15) is 0 Å². The Labute approximate surface area is 126 Å². The topological polar surface area (TPSA) is 68.4 Å². The van der Waals surface area contributed by atoms with E-state index in [9.17, 15) is 5.11 Å². The molecule has 5 nitrogen and oxygen atoms in total. The number of hydrogen-bond acceptors (Lipinski definition) is 5. The summed E-state index contributed by atoms with van der Waals surface area (Å²) in [6.45, 7) is 0.223. The van der Waals surface area contributed by atoms with E-state index in [1.54, 1.807) is 12.1 Å². The molecule has 0 saturated heterocycles. The van der Waals surface area contributed by atoms with E-state index in [0.29, 0.717) is 28.2 Å². The third kappa shape index (κ3) is 4.18. The lowest BCUT2D eigenvalue weighted by atomic mass is 10.1. The molecule has 0 aliphatic heterocycles. The van der Waals surface area contributed by atoms with Crippen molar-refractivity contribution in [3.63, 3.8) is 0 Å². The highest BCUT2D eigenvalue weighted by atomic mass is 35.5. The van der Waals surface area contributed by atoms with Crippen molar-refractivity contribution in [2.75, 3.05) is 13.7 Å². The lowest BCUT2D eigenvalue weighted by molar-refractivity contribution is 0.0599. The van der Waals surface area contributed by atoms with Crippen LogP contribution in [0.1, 0.15) is 17.3 Å². The summed E-state index contributed by atoms with van der Waals surface area (Å²) in [6.07, 6.45) is 0.0436. The SMILES string of the molecule is COCC(O)Cc1nc(Cc2ccc(Cl)cc2Cl)no1. The highest BCUT2D eigenvalue weighted by Crippen LogP contribution is 2.22. The zero-order valence-electron chi connectivity index (χ0n) is 10.8. The van der Waals surface area contributed by atoms with Crippen LogP contribution < -0.4 is 0 Å². The summed E-state index contributed by atoms with van der Waals surface area (Å²) in [4.78, 5) is 4.21. The van der Waals surface area contributed by atoms with Crippen molar-refractivity contribution >= 4 is 23.2 Å². The molecule has 0 amide bonds. The summed E-state index contributed by atoms with van der Waals surface area (Å²) in [6, 6.07) is 5.24. The van der Waals surface area contributed by atoms with Crippen molar-refractivity contribution in [1.29, 1.82) is 0 Å². The molecule has 1 N–H and O–H groups in total. The zero-order valence-corrected chi connectivity index (χ0v) is 12.4. The number of halogens is 2. The van der Waals surface area contributed by atoms with E-state index >= 15 is 0 Å². The average Bonchev–Trinajstić information content (AvgIpc) is 2.80. The van der Waals surface area contributed by atoms with Crippen LogP contribution in [-0.2, 0) is 17.6 Å². The molecule has 0 aliphatic carbocycles. The van der Waals surface area contributed by atoms with Gasteiger partial charge in [-0.2, -0.15) is 4.98 Å². The Balaban J connectivity index is 2.02. The second-order valence-corrected chi connectivity index (χ2v) is 5.17. The molecule has 0 radical (unpaired) electrons. The number of aliphatic hydroxyl groups excluding tert-OH is 1. The highest BCUT2D eigenvalue weighted by Gasteiger charge is 2.13.